The third-order valence-electron chi connectivity index (χ3n) is 1.96. The van der Waals surface area contributed by atoms with Crippen molar-refractivity contribution in [1.82, 2.24) is 15.1 Å². The second kappa shape index (κ2) is 4.08. The Morgan fingerprint density at radius 3 is 2.57 bits per heavy atom. The highest BCUT2D eigenvalue weighted by atomic mass is 16.2. The normalized spacial score (nSPS) is 15.7. The fourth-order valence-electron chi connectivity index (χ4n) is 1.12. The van der Waals surface area contributed by atoms with Crippen LogP contribution >= 0.6 is 0 Å². The smallest absolute Gasteiger partial charge is 0.324 e. The maximum atomic E-state index is 11.2. The van der Waals surface area contributed by atoms with Gasteiger partial charge in [0.25, 0.3) is 0 Å². The lowest BCUT2D eigenvalue weighted by molar-refractivity contribution is -0.129. The van der Waals surface area contributed by atoms with Crippen LogP contribution in [0.25, 0.3) is 0 Å². The Balaban J connectivity index is 2.35. The third-order valence-corrected chi connectivity index (χ3v) is 1.96. The molecule has 0 atom stereocenters. The molecule has 4 amide bonds. The van der Waals surface area contributed by atoms with Crippen molar-refractivity contribution in [2.75, 3.05) is 27.2 Å². The fraction of sp³-hybridized carbons (Fsp3) is 0.625. The van der Waals surface area contributed by atoms with Gasteiger partial charge in [0.15, 0.2) is 0 Å². The Morgan fingerprint density at radius 1 is 1.50 bits per heavy atom. The van der Waals surface area contributed by atoms with Gasteiger partial charge in [-0.1, -0.05) is 0 Å². The van der Waals surface area contributed by atoms with Crippen LogP contribution in [-0.2, 0) is 9.59 Å². The van der Waals surface area contributed by atoms with Crippen LogP contribution in [-0.4, -0.2) is 54.8 Å². The van der Waals surface area contributed by atoms with Gasteiger partial charge < -0.3 is 9.80 Å². The first-order chi connectivity index (χ1) is 6.50. The van der Waals surface area contributed by atoms with Crippen molar-refractivity contribution >= 4 is 17.8 Å². The third kappa shape index (κ3) is 2.45. The van der Waals surface area contributed by atoms with Crippen molar-refractivity contribution in [2.45, 2.75) is 6.42 Å². The zero-order valence-electron chi connectivity index (χ0n) is 8.24. The van der Waals surface area contributed by atoms with E-state index in [1.165, 1.54) is 9.80 Å². The van der Waals surface area contributed by atoms with Gasteiger partial charge in [-0.05, 0) is 0 Å². The standard InChI is InChI=1S/C8H13N3O3/c1-10(2)7(13)3-4-11-5-6(12)9-8(11)14/h3-5H2,1-2H3,(H,9,12,14). The predicted molar refractivity (Wildman–Crippen MR) is 48.4 cm³/mol. The van der Waals surface area contributed by atoms with E-state index in [2.05, 4.69) is 5.32 Å². The van der Waals surface area contributed by atoms with Crippen molar-refractivity contribution < 1.29 is 14.4 Å². The molecule has 14 heavy (non-hydrogen) atoms. The summed E-state index contributed by atoms with van der Waals surface area (Å²) in [4.78, 5) is 35.8. The number of imide groups is 1. The maximum absolute atomic E-state index is 11.2. The lowest BCUT2D eigenvalue weighted by Gasteiger charge is -2.14. The van der Waals surface area contributed by atoms with Gasteiger partial charge in [0.1, 0.15) is 6.54 Å². The lowest BCUT2D eigenvalue weighted by atomic mass is 10.3. The Hall–Kier alpha value is -1.59. The van der Waals surface area contributed by atoms with E-state index in [0.717, 1.165) is 0 Å². The van der Waals surface area contributed by atoms with Crippen molar-refractivity contribution in [3.05, 3.63) is 0 Å². The summed E-state index contributed by atoms with van der Waals surface area (Å²) in [5, 5.41) is 2.14. The number of rotatable bonds is 3. The molecule has 0 aliphatic carbocycles. The highest BCUT2D eigenvalue weighted by Crippen LogP contribution is 2.00. The van der Waals surface area contributed by atoms with E-state index in [1.54, 1.807) is 14.1 Å². The average Bonchev–Trinajstić information content (AvgIpc) is 2.40. The minimum absolute atomic E-state index is 0.0551. The number of nitrogens with one attached hydrogen (secondary N) is 1. The molecule has 0 aromatic carbocycles. The Bertz CT molecular complexity index is 275. The minimum atomic E-state index is -0.415. The molecule has 1 aliphatic heterocycles. The predicted octanol–water partition coefficient (Wildman–Crippen LogP) is -0.983. The number of hydrogen-bond donors (Lipinski definition) is 1. The summed E-state index contributed by atoms with van der Waals surface area (Å²) in [6, 6.07) is -0.415. The number of hydrogen-bond acceptors (Lipinski definition) is 3. The Labute approximate surface area is 81.8 Å². The van der Waals surface area contributed by atoms with Crippen molar-refractivity contribution in [1.29, 1.82) is 0 Å². The van der Waals surface area contributed by atoms with Crippen LogP contribution in [0, 0.1) is 0 Å². The number of nitrogens with zero attached hydrogens (tertiary/aromatic N) is 2. The van der Waals surface area contributed by atoms with Gasteiger partial charge in [-0.3, -0.25) is 14.9 Å². The van der Waals surface area contributed by atoms with Crippen LogP contribution in [0.15, 0.2) is 0 Å². The van der Waals surface area contributed by atoms with E-state index < -0.39 is 6.03 Å². The SMILES string of the molecule is CN(C)C(=O)CCN1CC(=O)NC1=O. The largest absolute Gasteiger partial charge is 0.349 e. The molecule has 1 N–H and O–H groups in total. The summed E-state index contributed by atoms with van der Waals surface area (Å²) in [6.45, 7) is 0.341. The minimum Gasteiger partial charge on any atom is -0.349 e. The van der Waals surface area contributed by atoms with E-state index in [0.29, 0.717) is 0 Å². The molecule has 0 aromatic heterocycles. The highest BCUT2D eigenvalue weighted by Gasteiger charge is 2.26. The number of carbonyl (C=O) groups excluding carboxylic acids is 3. The van der Waals surface area contributed by atoms with Gasteiger partial charge in [0.2, 0.25) is 11.8 Å². The molecule has 1 fully saturated rings. The van der Waals surface area contributed by atoms with Gasteiger partial charge in [-0.25, -0.2) is 4.79 Å². The molecule has 0 spiro atoms. The summed E-state index contributed by atoms with van der Waals surface area (Å²) >= 11 is 0. The molecule has 0 aromatic rings. The monoisotopic (exact) mass is 199 g/mol. The molecule has 6 heteroatoms. The molecule has 0 bridgehead atoms. The second-order valence-corrected chi connectivity index (χ2v) is 3.31. The van der Waals surface area contributed by atoms with Crippen LogP contribution in [0.1, 0.15) is 6.42 Å². The Kier molecular flexibility index (Phi) is 3.06. The van der Waals surface area contributed by atoms with E-state index in [4.69, 9.17) is 0 Å². The molecule has 0 unspecified atom stereocenters. The molecular formula is C8H13N3O3. The molecule has 1 rings (SSSR count). The molecule has 1 aliphatic rings. The van der Waals surface area contributed by atoms with Gasteiger partial charge >= 0.3 is 6.03 Å². The summed E-state index contributed by atoms with van der Waals surface area (Å²) in [5.41, 5.74) is 0. The van der Waals surface area contributed by atoms with Gasteiger partial charge in [0.05, 0.1) is 0 Å². The van der Waals surface area contributed by atoms with Crippen LogP contribution < -0.4 is 5.32 Å². The zero-order chi connectivity index (χ0) is 10.7. The number of carbonyl (C=O) groups is 3. The van der Waals surface area contributed by atoms with Gasteiger partial charge in [0, 0.05) is 27.1 Å². The Morgan fingerprint density at radius 2 is 2.14 bits per heavy atom. The molecule has 0 radical (unpaired) electrons. The highest BCUT2D eigenvalue weighted by molar-refractivity contribution is 6.02. The second-order valence-electron chi connectivity index (χ2n) is 3.31. The van der Waals surface area contributed by atoms with Crippen LogP contribution in [0.3, 0.4) is 0 Å². The quantitative estimate of drug-likeness (QED) is 0.594. The van der Waals surface area contributed by atoms with Crippen molar-refractivity contribution in [3.8, 4) is 0 Å². The fourth-order valence-corrected chi connectivity index (χ4v) is 1.12. The van der Waals surface area contributed by atoms with Crippen LogP contribution in [0.4, 0.5) is 4.79 Å². The van der Waals surface area contributed by atoms with E-state index in [9.17, 15) is 14.4 Å². The van der Waals surface area contributed by atoms with Crippen LogP contribution in [0.5, 0.6) is 0 Å². The van der Waals surface area contributed by atoms with Gasteiger partial charge in [-0.15, -0.1) is 0 Å². The first-order valence-corrected chi connectivity index (χ1v) is 4.29. The van der Waals surface area contributed by atoms with E-state index in [1.807, 2.05) is 0 Å². The van der Waals surface area contributed by atoms with Crippen molar-refractivity contribution in [3.63, 3.8) is 0 Å². The molecule has 1 saturated heterocycles. The number of amides is 4. The van der Waals surface area contributed by atoms with E-state index >= 15 is 0 Å². The first kappa shape index (κ1) is 10.5. The molecule has 0 saturated carbocycles. The average molecular weight is 199 g/mol. The summed E-state index contributed by atoms with van der Waals surface area (Å²) < 4.78 is 0. The number of urea groups is 1. The lowest BCUT2D eigenvalue weighted by Crippen LogP contribution is -2.32. The summed E-state index contributed by atoms with van der Waals surface area (Å²) in [7, 11) is 3.30. The van der Waals surface area contributed by atoms with Gasteiger partial charge in [-0.2, -0.15) is 0 Å². The van der Waals surface area contributed by atoms with E-state index in [-0.39, 0.29) is 31.3 Å². The molecule has 6 nitrogen and oxygen atoms in total. The maximum Gasteiger partial charge on any atom is 0.324 e. The topological polar surface area (TPSA) is 69.7 Å². The van der Waals surface area contributed by atoms with Crippen molar-refractivity contribution in [2.24, 2.45) is 0 Å². The summed E-state index contributed by atoms with van der Waals surface area (Å²) in [6.07, 6.45) is 0.244. The first-order valence-electron chi connectivity index (χ1n) is 4.29. The summed E-state index contributed by atoms with van der Waals surface area (Å²) in [5.74, 6) is -0.371. The molecule has 1 heterocycles. The molecular weight excluding hydrogens is 186 g/mol. The van der Waals surface area contributed by atoms with Crippen LogP contribution in [0.2, 0.25) is 0 Å². The zero-order valence-corrected chi connectivity index (χ0v) is 8.24. The molecule has 78 valence electrons.